The summed E-state index contributed by atoms with van der Waals surface area (Å²) in [4.78, 5) is 15.1. The number of anilines is 2. The lowest BCUT2D eigenvalue weighted by molar-refractivity contribution is -0.110. The Morgan fingerprint density at radius 2 is 1.74 bits per heavy atom. The summed E-state index contributed by atoms with van der Waals surface area (Å²) in [5.74, 6) is -0.135. The Kier molecular flexibility index (Phi) is 6.40. The van der Waals surface area contributed by atoms with Crippen LogP contribution in [0.1, 0.15) is 23.1 Å². The van der Waals surface area contributed by atoms with Crippen molar-refractivity contribution < 1.29 is 4.79 Å². The number of halogens is 1. The second-order valence-electron chi connectivity index (χ2n) is 7.99. The predicted molar refractivity (Wildman–Crippen MR) is 130 cm³/mol. The fraction of sp³-hybridized carbons (Fsp3) is 0.192. The van der Waals surface area contributed by atoms with Crippen molar-refractivity contribution in [2.75, 3.05) is 31.3 Å². The molecule has 158 valence electrons. The van der Waals surface area contributed by atoms with Crippen LogP contribution in [0.4, 0.5) is 11.4 Å². The highest BCUT2D eigenvalue weighted by atomic mass is 35.5. The zero-order valence-corrected chi connectivity index (χ0v) is 18.5. The topological polar surface area (TPSA) is 44.4 Å². The molecule has 3 aromatic carbocycles. The maximum Gasteiger partial charge on any atom is 0.258 e. The molecule has 1 aliphatic heterocycles. The van der Waals surface area contributed by atoms with Crippen LogP contribution in [-0.2, 0) is 11.2 Å². The minimum absolute atomic E-state index is 0.135. The summed E-state index contributed by atoms with van der Waals surface area (Å²) in [6.07, 6.45) is 2.17. The summed E-state index contributed by atoms with van der Waals surface area (Å²) in [5, 5.41) is 7.04. The molecular formula is C26H26ClN3O. The zero-order chi connectivity index (χ0) is 21.8. The lowest BCUT2D eigenvalue weighted by Crippen LogP contribution is -2.13. The highest BCUT2D eigenvalue weighted by molar-refractivity contribution is 6.38. The molecule has 5 heteroatoms. The quantitative estimate of drug-likeness (QED) is 0.467. The number of nitrogens with one attached hydrogen (secondary N) is 2. The van der Waals surface area contributed by atoms with Gasteiger partial charge in [0, 0.05) is 16.3 Å². The van der Waals surface area contributed by atoms with E-state index in [1.54, 1.807) is 6.07 Å². The zero-order valence-electron chi connectivity index (χ0n) is 17.8. The third-order valence-electron chi connectivity index (χ3n) is 5.33. The highest BCUT2D eigenvalue weighted by Crippen LogP contribution is 2.38. The summed E-state index contributed by atoms with van der Waals surface area (Å²) in [6, 6.07) is 23.9. The van der Waals surface area contributed by atoms with Crippen molar-refractivity contribution in [2.24, 2.45) is 0 Å². The first-order valence-corrected chi connectivity index (χ1v) is 10.8. The first-order valence-electron chi connectivity index (χ1n) is 10.4. The van der Waals surface area contributed by atoms with E-state index in [0.717, 1.165) is 47.6 Å². The first-order chi connectivity index (χ1) is 15.0. The fourth-order valence-corrected chi connectivity index (χ4v) is 3.95. The molecule has 0 aliphatic carbocycles. The Labute approximate surface area is 188 Å². The van der Waals surface area contributed by atoms with Crippen LogP contribution in [-0.4, -0.2) is 31.4 Å². The van der Waals surface area contributed by atoms with Gasteiger partial charge < -0.3 is 15.5 Å². The van der Waals surface area contributed by atoms with Gasteiger partial charge in [-0.15, -0.1) is 0 Å². The van der Waals surface area contributed by atoms with Crippen molar-refractivity contribution in [3.8, 4) is 0 Å². The van der Waals surface area contributed by atoms with Crippen LogP contribution in [0.3, 0.4) is 0 Å². The molecule has 0 aromatic heterocycles. The number of nitrogens with zero attached hydrogens (tertiary/aromatic N) is 1. The Balaban J connectivity index is 1.67. The van der Waals surface area contributed by atoms with E-state index in [1.807, 2.05) is 42.5 Å². The number of carbonyl (C=O) groups is 1. The monoisotopic (exact) mass is 431 g/mol. The van der Waals surface area contributed by atoms with E-state index in [9.17, 15) is 4.79 Å². The second-order valence-corrected chi connectivity index (χ2v) is 8.43. The summed E-state index contributed by atoms with van der Waals surface area (Å²) >= 11 is 6.13. The molecule has 0 radical (unpaired) electrons. The number of hydrogen-bond acceptors (Lipinski definition) is 3. The molecule has 1 aliphatic rings. The van der Waals surface area contributed by atoms with Gasteiger partial charge in [0.2, 0.25) is 0 Å². The van der Waals surface area contributed by atoms with Gasteiger partial charge in [-0.3, -0.25) is 4.79 Å². The maximum atomic E-state index is 12.9. The van der Waals surface area contributed by atoms with Crippen LogP contribution in [0, 0.1) is 0 Å². The number of hydrogen-bond donors (Lipinski definition) is 2. The molecule has 0 atom stereocenters. The number of carbonyl (C=O) groups excluding carboxylic acids is 1. The average Bonchev–Trinajstić information content (AvgIpc) is 3.08. The molecule has 4 rings (SSSR count). The van der Waals surface area contributed by atoms with E-state index in [0.29, 0.717) is 10.6 Å². The van der Waals surface area contributed by atoms with Crippen molar-refractivity contribution in [1.82, 2.24) is 4.90 Å². The van der Waals surface area contributed by atoms with Crippen molar-refractivity contribution in [3.63, 3.8) is 0 Å². The molecule has 0 saturated carbocycles. The van der Waals surface area contributed by atoms with Crippen molar-refractivity contribution >= 4 is 40.2 Å². The molecule has 3 aromatic rings. The Morgan fingerprint density at radius 3 is 2.45 bits per heavy atom. The SMILES string of the molecule is CN(C)CCCc1ccc(NC(=C2C(=O)Nc3cc(Cl)ccc32)c2ccccc2)cc1. The van der Waals surface area contributed by atoms with Gasteiger partial charge in [-0.2, -0.15) is 0 Å². The Hall–Kier alpha value is -3.08. The van der Waals surface area contributed by atoms with Gasteiger partial charge in [-0.25, -0.2) is 0 Å². The number of benzene rings is 3. The molecule has 0 bridgehead atoms. The van der Waals surface area contributed by atoms with Crippen LogP contribution in [0.25, 0.3) is 11.3 Å². The van der Waals surface area contributed by atoms with Crippen LogP contribution < -0.4 is 10.6 Å². The van der Waals surface area contributed by atoms with Crippen molar-refractivity contribution in [2.45, 2.75) is 12.8 Å². The Bertz CT molecular complexity index is 1110. The van der Waals surface area contributed by atoms with Gasteiger partial charge in [0.1, 0.15) is 0 Å². The first kappa shape index (κ1) is 21.2. The van der Waals surface area contributed by atoms with Gasteiger partial charge in [0.25, 0.3) is 5.91 Å². The summed E-state index contributed by atoms with van der Waals surface area (Å²) < 4.78 is 0. The molecule has 0 saturated heterocycles. The van der Waals surface area contributed by atoms with Crippen molar-refractivity contribution in [1.29, 1.82) is 0 Å². The van der Waals surface area contributed by atoms with E-state index in [-0.39, 0.29) is 5.91 Å². The summed E-state index contributed by atoms with van der Waals surface area (Å²) in [6.45, 7) is 1.07. The van der Waals surface area contributed by atoms with E-state index < -0.39 is 0 Å². The van der Waals surface area contributed by atoms with Crippen LogP contribution in [0.2, 0.25) is 5.02 Å². The smallest absolute Gasteiger partial charge is 0.258 e. The molecule has 0 unspecified atom stereocenters. The van der Waals surface area contributed by atoms with Crippen LogP contribution in [0.5, 0.6) is 0 Å². The normalized spacial score (nSPS) is 14.4. The van der Waals surface area contributed by atoms with Gasteiger partial charge in [-0.1, -0.05) is 60.1 Å². The molecule has 4 nitrogen and oxygen atoms in total. The lowest BCUT2D eigenvalue weighted by Gasteiger charge is -2.15. The van der Waals surface area contributed by atoms with Gasteiger partial charge in [0.15, 0.2) is 0 Å². The number of rotatable bonds is 7. The third kappa shape index (κ3) is 4.98. The lowest BCUT2D eigenvalue weighted by atomic mass is 10.00. The highest BCUT2D eigenvalue weighted by Gasteiger charge is 2.28. The van der Waals surface area contributed by atoms with Crippen molar-refractivity contribution in [3.05, 3.63) is 94.5 Å². The van der Waals surface area contributed by atoms with Crippen LogP contribution >= 0.6 is 11.6 Å². The van der Waals surface area contributed by atoms with Crippen LogP contribution in [0.15, 0.2) is 72.8 Å². The minimum Gasteiger partial charge on any atom is -0.354 e. The standard InChI is InChI=1S/C26H26ClN3O/c1-30(2)16-6-7-18-10-13-21(14-11-18)28-25(19-8-4-3-5-9-19)24-22-15-12-20(27)17-23(22)29-26(24)31/h3-5,8-15,17,28H,6-7,16H2,1-2H3,(H,29,31). The molecule has 1 heterocycles. The summed E-state index contributed by atoms with van der Waals surface area (Å²) in [5.41, 5.74) is 6.18. The second kappa shape index (κ2) is 9.38. The average molecular weight is 432 g/mol. The molecule has 1 amide bonds. The van der Waals surface area contributed by atoms with Gasteiger partial charge in [-0.05, 0) is 68.9 Å². The number of aryl methyl sites for hydroxylation is 1. The maximum absolute atomic E-state index is 12.9. The molecule has 0 spiro atoms. The van der Waals surface area contributed by atoms with Gasteiger partial charge in [0.05, 0.1) is 17.0 Å². The molecule has 0 fully saturated rings. The number of amides is 1. The molecule has 31 heavy (non-hydrogen) atoms. The van der Waals surface area contributed by atoms with E-state index >= 15 is 0 Å². The molecule has 2 N–H and O–H groups in total. The largest absolute Gasteiger partial charge is 0.354 e. The third-order valence-corrected chi connectivity index (χ3v) is 5.57. The van der Waals surface area contributed by atoms with E-state index in [4.69, 9.17) is 11.6 Å². The predicted octanol–water partition coefficient (Wildman–Crippen LogP) is 5.77. The van der Waals surface area contributed by atoms with E-state index in [2.05, 4.69) is 53.9 Å². The fourth-order valence-electron chi connectivity index (χ4n) is 3.78. The molecular weight excluding hydrogens is 406 g/mol. The summed E-state index contributed by atoms with van der Waals surface area (Å²) in [7, 11) is 4.19. The van der Waals surface area contributed by atoms with E-state index in [1.165, 1.54) is 5.56 Å². The number of fused-ring (bicyclic) bond motifs is 1. The Morgan fingerprint density at radius 1 is 1.00 bits per heavy atom. The minimum atomic E-state index is -0.135. The van der Waals surface area contributed by atoms with Gasteiger partial charge >= 0.3 is 0 Å².